The average Bonchev–Trinajstić information content (AvgIpc) is 2.36. The number of nitrogen functional groups attached to an aromatic ring is 1. The first-order valence-electron chi connectivity index (χ1n) is 6.49. The van der Waals surface area contributed by atoms with Gasteiger partial charge in [0, 0.05) is 5.69 Å². The van der Waals surface area contributed by atoms with Crippen molar-refractivity contribution in [2.45, 2.75) is 44.0 Å². The van der Waals surface area contributed by atoms with E-state index in [1.807, 2.05) is 39.8 Å². The largest absolute Gasteiger partial charge is 0.461 e. The number of nitrogens with zero attached hydrogens (tertiary/aromatic N) is 4. The Morgan fingerprint density at radius 2 is 1.90 bits per heavy atom. The summed E-state index contributed by atoms with van der Waals surface area (Å²) in [5.41, 5.74) is 4.49. The molecule has 8 heteroatoms. The lowest BCUT2D eigenvalue weighted by Crippen LogP contribution is -2.15. The Balaban J connectivity index is 2.29. The second kappa shape index (κ2) is 6.68. The van der Waals surface area contributed by atoms with Crippen LogP contribution < -0.4 is 16.0 Å². The number of rotatable bonds is 5. The van der Waals surface area contributed by atoms with Gasteiger partial charge in [-0.2, -0.15) is 15.0 Å². The summed E-state index contributed by atoms with van der Waals surface area (Å²) >= 11 is 1.34. The topological polar surface area (TPSA) is 98.8 Å². The van der Waals surface area contributed by atoms with Crippen LogP contribution in [0.5, 0.6) is 6.01 Å². The van der Waals surface area contributed by atoms with E-state index in [1.54, 1.807) is 0 Å². The summed E-state index contributed by atoms with van der Waals surface area (Å²) < 4.78 is 5.49. The summed E-state index contributed by atoms with van der Waals surface area (Å²) in [5.74, 6) is 5.63. The zero-order valence-corrected chi connectivity index (χ0v) is 13.2. The quantitative estimate of drug-likeness (QED) is 0.640. The Labute approximate surface area is 127 Å². The zero-order valence-electron chi connectivity index (χ0n) is 12.4. The van der Waals surface area contributed by atoms with E-state index in [1.165, 1.54) is 11.8 Å². The fraction of sp³-hybridized carbons (Fsp3) is 0.385. The number of pyridine rings is 1. The van der Waals surface area contributed by atoms with Crippen LogP contribution in [0.25, 0.3) is 0 Å². The molecular weight excluding hydrogens is 288 g/mol. The number of hydrogen-bond acceptors (Lipinski definition) is 8. The number of hydrogen-bond donors (Lipinski definition) is 2. The van der Waals surface area contributed by atoms with Gasteiger partial charge in [-0.05, 0) is 57.2 Å². The van der Waals surface area contributed by atoms with E-state index in [-0.39, 0.29) is 18.1 Å². The van der Waals surface area contributed by atoms with Crippen molar-refractivity contribution in [3.8, 4) is 6.01 Å². The van der Waals surface area contributed by atoms with Crippen molar-refractivity contribution in [3.63, 3.8) is 0 Å². The fourth-order valence-corrected chi connectivity index (χ4v) is 2.54. The standard InChI is InChI=1S/C13H18N6OS/c1-7(2)20-12-16-11(19-14)17-13(18-12)21-10-6-8(3)5-9(4)15-10/h5-7H,14H2,1-4H3,(H,16,17,18,19). The van der Waals surface area contributed by atoms with Crippen LogP contribution in [0.1, 0.15) is 25.1 Å². The summed E-state index contributed by atoms with van der Waals surface area (Å²) in [4.78, 5) is 17.0. The number of aromatic nitrogens is 4. The van der Waals surface area contributed by atoms with Gasteiger partial charge < -0.3 is 4.74 Å². The summed E-state index contributed by atoms with van der Waals surface area (Å²) in [7, 11) is 0. The maximum atomic E-state index is 5.49. The Hall–Kier alpha value is -1.93. The molecule has 3 N–H and O–H groups in total. The molecule has 112 valence electrons. The Morgan fingerprint density at radius 1 is 1.14 bits per heavy atom. The first kappa shape index (κ1) is 15.5. The number of nitrogens with two attached hydrogens (primary N) is 1. The number of ether oxygens (including phenoxy) is 1. The van der Waals surface area contributed by atoms with Crippen LogP contribution in [0.3, 0.4) is 0 Å². The molecule has 2 aromatic rings. The predicted octanol–water partition coefficient (Wildman–Crippen LogP) is 2.11. The van der Waals surface area contributed by atoms with Crippen LogP contribution in [0, 0.1) is 13.8 Å². The molecule has 0 atom stereocenters. The molecule has 0 fully saturated rings. The van der Waals surface area contributed by atoms with Gasteiger partial charge in [0.05, 0.1) is 6.10 Å². The van der Waals surface area contributed by atoms with Crippen LogP contribution in [0.2, 0.25) is 0 Å². The van der Waals surface area contributed by atoms with Crippen LogP contribution >= 0.6 is 11.8 Å². The van der Waals surface area contributed by atoms with Crippen molar-refractivity contribution in [3.05, 3.63) is 23.4 Å². The minimum absolute atomic E-state index is 0.0322. The minimum atomic E-state index is -0.0322. The summed E-state index contributed by atoms with van der Waals surface area (Å²) in [6, 6.07) is 4.22. The first-order chi connectivity index (χ1) is 9.96. The average molecular weight is 306 g/mol. The van der Waals surface area contributed by atoms with E-state index >= 15 is 0 Å². The highest BCUT2D eigenvalue weighted by molar-refractivity contribution is 7.99. The molecular formula is C13H18N6OS. The molecule has 0 radical (unpaired) electrons. The van der Waals surface area contributed by atoms with E-state index in [4.69, 9.17) is 10.6 Å². The summed E-state index contributed by atoms with van der Waals surface area (Å²) in [6.45, 7) is 7.77. The minimum Gasteiger partial charge on any atom is -0.461 e. The van der Waals surface area contributed by atoms with E-state index in [2.05, 4.69) is 25.4 Å². The maximum absolute atomic E-state index is 5.49. The molecule has 0 amide bonds. The van der Waals surface area contributed by atoms with Gasteiger partial charge >= 0.3 is 6.01 Å². The normalized spacial score (nSPS) is 10.8. The monoisotopic (exact) mass is 306 g/mol. The van der Waals surface area contributed by atoms with Crippen LogP contribution in [0.15, 0.2) is 22.3 Å². The van der Waals surface area contributed by atoms with Gasteiger partial charge in [0.15, 0.2) is 0 Å². The molecule has 2 rings (SSSR count). The third kappa shape index (κ3) is 4.54. The van der Waals surface area contributed by atoms with Gasteiger partial charge in [-0.1, -0.05) is 0 Å². The van der Waals surface area contributed by atoms with E-state index in [0.29, 0.717) is 5.16 Å². The van der Waals surface area contributed by atoms with Gasteiger partial charge in [-0.3, -0.25) is 5.43 Å². The molecule has 0 aliphatic carbocycles. The lowest BCUT2D eigenvalue weighted by atomic mass is 10.3. The SMILES string of the molecule is Cc1cc(C)nc(Sc2nc(NN)nc(OC(C)C)n2)c1. The molecule has 21 heavy (non-hydrogen) atoms. The molecule has 0 spiro atoms. The van der Waals surface area contributed by atoms with Crippen LogP contribution in [-0.4, -0.2) is 26.0 Å². The molecule has 2 aromatic heterocycles. The van der Waals surface area contributed by atoms with Crippen molar-refractivity contribution in [2.75, 3.05) is 5.43 Å². The summed E-state index contributed by atoms with van der Waals surface area (Å²) in [6.07, 6.45) is -0.0322. The van der Waals surface area contributed by atoms with Crippen molar-refractivity contribution >= 4 is 17.7 Å². The third-order valence-electron chi connectivity index (χ3n) is 2.33. The second-order valence-corrected chi connectivity index (χ2v) is 5.75. The maximum Gasteiger partial charge on any atom is 0.322 e. The van der Waals surface area contributed by atoms with Crippen molar-refractivity contribution in [1.29, 1.82) is 0 Å². The molecule has 7 nitrogen and oxygen atoms in total. The van der Waals surface area contributed by atoms with Gasteiger partial charge in [0.2, 0.25) is 11.1 Å². The smallest absolute Gasteiger partial charge is 0.322 e. The molecule has 0 saturated heterocycles. The summed E-state index contributed by atoms with van der Waals surface area (Å²) in [5, 5.41) is 1.29. The lowest BCUT2D eigenvalue weighted by molar-refractivity contribution is 0.219. The zero-order chi connectivity index (χ0) is 15.4. The first-order valence-corrected chi connectivity index (χ1v) is 7.30. The molecule has 0 saturated carbocycles. The van der Waals surface area contributed by atoms with E-state index in [9.17, 15) is 0 Å². The molecule has 2 heterocycles. The van der Waals surface area contributed by atoms with Gasteiger partial charge in [-0.15, -0.1) is 0 Å². The molecule has 0 aliphatic rings. The Bertz CT molecular complexity index is 614. The highest BCUT2D eigenvalue weighted by Crippen LogP contribution is 2.26. The van der Waals surface area contributed by atoms with Gasteiger partial charge in [0.1, 0.15) is 5.03 Å². The Kier molecular flexibility index (Phi) is 4.92. The van der Waals surface area contributed by atoms with Crippen molar-refractivity contribution in [2.24, 2.45) is 5.84 Å². The molecule has 0 unspecified atom stereocenters. The van der Waals surface area contributed by atoms with E-state index in [0.717, 1.165) is 16.3 Å². The predicted molar refractivity (Wildman–Crippen MR) is 81.2 cm³/mol. The lowest BCUT2D eigenvalue weighted by Gasteiger charge is -2.10. The fourth-order valence-electron chi connectivity index (χ4n) is 1.66. The number of anilines is 1. The van der Waals surface area contributed by atoms with Crippen LogP contribution in [-0.2, 0) is 0 Å². The number of hydrazine groups is 1. The highest BCUT2D eigenvalue weighted by Gasteiger charge is 2.11. The number of aryl methyl sites for hydroxylation is 2. The third-order valence-corrected chi connectivity index (χ3v) is 3.12. The van der Waals surface area contributed by atoms with Crippen molar-refractivity contribution < 1.29 is 4.74 Å². The van der Waals surface area contributed by atoms with Crippen molar-refractivity contribution in [1.82, 2.24) is 19.9 Å². The highest BCUT2D eigenvalue weighted by atomic mass is 32.2. The molecule has 0 aliphatic heterocycles. The molecule has 0 bridgehead atoms. The number of nitrogens with one attached hydrogen (secondary N) is 1. The van der Waals surface area contributed by atoms with Crippen LogP contribution in [0.4, 0.5) is 5.95 Å². The Morgan fingerprint density at radius 3 is 2.52 bits per heavy atom. The van der Waals surface area contributed by atoms with E-state index < -0.39 is 0 Å². The molecule has 0 aromatic carbocycles. The van der Waals surface area contributed by atoms with Gasteiger partial charge in [0.25, 0.3) is 0 Å². The second-order valence-electron chi connectivity index (χ2n) is 4.76. The van der Waals surface area contributed by atoms with Gasteiger partial charge in [-0.25, -0.2) is 10.8 Å².